The van der Waals surface area contributed by atoms with Gasteiger partial charge in [0.25, 0.3) is 5.91 Å². The molecule has 0 atom stereocenters. The van der Waals surface area contributed by atoms with Gasteiger partial charge in [0.15, 0.2) is 0 Å². The Balaban J connectivity index is 1.92. The normalized spacial score (nSPS) is 18.2. The Morgan fingerprint density at radius 3 is 2.81 bits per heavy atom. The van der Waals surface area contributed by atoms with E-state index in [0.29, 0.717) is 0 Å². The summed E-state index contributed by atoms with van der Waals surface area (Å²) in [5.41, 5.74) is 2.96. The third-order valence-electron chi connectivity index (χ3n) is 4.54. The van der Waals surface area contributed by atoms with Gasteiger partial charge in [0.1, 0.15) is 5.82 Å². The zero-order chi connectivity index (χ0) is 15.2. The topological polar surface area (TPSA) is 38.1 Å². The van der Waals surface area contributed by atoms with E-state index in [1.165, 1.54) is 6.42 Å². The number of nitrogens with zero attached hydrogens (tertiary/aromatic N) is 3. The van der Waals surface area contributed by atoms with E-state index in [9.17, 15) is 4.79 Å². The summed E-state index contributed by atoms with van der Waals surface area (Å²) in [6.45, 7) is 8.16. The largest absolute Gasteiger partial charge is 0.338 e. The Hall–Kier alpha value is -1.84. The smallest absolute Gasteiger partial charge is 0.253 e. The highest BCUT2D eigenvalue weighted by Crippen LogP contribution is 2.29. The van der Waals surface area contributed by atoms with E-state index in [1.54, 1.807) is 0 Å². The lowest BCUT2D eigenvalue weighted by Gasteiger charge is -2.38. The Labute approximate surface area is 125 Å². The molecule has 1 fully saturated rings. The number of imidazole rings is 1. The lowest BCUT2D eigenvalue weighted by Crippen LogP contribution is -2.43. The van der Waals surface area contributed by atoms with Gasteiger partial charge < -0.3 is 9.47 Å². The molecular weight excluding hydrogens is 262 g/mol. The predicted molar refractivity (Wildman–Crippen MR) is 84.4 cm³/mol. The standard InChI is InChI=1S/C17H23N3O/c1-12-18-14-7-6-13(10-15(14)19(12)4)16(21)20-9-5-8-17(2,3)11-20/h6-7,10H,5,8-9,11H2,1-4H3. The SMILES string of the molecule is Cc1nc2ccc(C(=O)N3CCCC(C)(C)C3)cc2n1C. The average Bonchev–Trinajstić information content (AvgIpc) is 2.72. The zero-order valence-corrected chi connectivity index (χ0v) is 13.3. The van der Waals surface area contributed by atoms with Crippen LogP contribution in [-0.4, -0.2) is 33.4 Å². The van der Waals surface area contributed by atoms with Crippen LogP contribution in [-0.2, 0) is 7.05 Å². The molecule has 1 amide bonds. The van der Waals surface area contributed by atoms with Gasteiger partial charge in [0, 0.05) is 25.7 Å². The minimum atomic E-state index is 0.142. The average molecular weight is 285 g/mol. The first-order valence-corrected chi connectivity index (χ1v) is 7.60. The van der Waals surface area contributed by atoms with E-state index in [0.717, 1.165) is 41.9 Å². The van der Waals surface area contributed by atoms with Gasteiger partial charge in [-0.05, 0) is 43.4 Å². The number of piperidine rings is 1. The zero-order valence-electron chi connectivity index (χ0n) is 13.3. The minimum Gasteiger partial charge on any atom is -0.338 e. The Morgan fingerprint density at radius 1 is 1.33 bits per heavy atom. The highest BCUT2D eigenvalue weighted by molar-refractivity contribution is 5.97. The molecule has 1 saturated heterocycles. The number of amides is 1. The van der Waals surface area contributed by atoms with Crippen LogP contribution < -0.4 is 0 Å². The summed E-state index contributed by atoms with van der Waals surface area (Å²) in [5, 5.41) is 0. The van der Waals surface area contributed by atoms with E-state index in [-0.39, 0.29) is 11.3 Å². The van der Waals surface area contributed by atoms with Gasteiger partial charge in [-0.3, -0.25) is 4.79 Å². The van der Waals surface area contributed by atoms with Crippen molar-refractivity contribution in [1.29, 1.82) is 0 Å². The number of aromatic nitrogens is 2. The number of carbonyl (C=O) groups excluding carboxylic acids is 1. The third-order valence-corrected chi connectivity index (χ3v) is 4.54. The number of benzene rings is 1. The molecule has 0 saturated carbocycles. The van der Waals surface area contributed by atoms with Crippen molar-refractivity contribution in [3.63, 3.8) is 0 Å². The third kappa shape index (κ3) is 2.55. The van der Waals surface area contributed by atoms with Crippen LogP contribution in [0.1, 0.15) is 42.9 Å². The van der Waals surface area contributed by atoms with Crippen molar-refractivity contribution in [2.45, 2.75) is 33.6 Å². The number of likely N-dealkylation sites (tertiary alicyclic amines) is 1. The lowest BCUT2D eigenvalue weighted by atomic mass is 9.84. The minimum absolute atomic E-state index is 0.142. The molecule has 2 heterocycles. The summed E-state index contributed by atoms with van der Waals surface area (Å²) in [5.74, 6) is 1.11. The lowest BCUT2D eigenvalue weighted by molar-refractivity contribution is 0.0583. The van der Waals surface area contributed by atoms with Gasteiger partial charge in [-0.1, -0.05) is 13.8 Å². The Bertz CT molecular complexity index is 699. The number of carbonyl (C=O) groups is 1. The van der Waals surface area contributed by atoms with E-state index in [2.05, 4.69) is 18.8 Å². The van der Waals surface area contributed by atoms with Gasteiger partial charge >= 0.3 is 0 Å². The van der Waals surface area contributed by atoms with Gasteiger partial charge in [-0.25, -0.2) is 4.98 Å². The fraction of sp³-hybridized carbons (Fsp3) is 0.529. The summed E-state index contributed by atoms with van der Waals surface area (Å²) < 4.78 is 2.03. The van der Waals surface area contributed by atoms with Crippen molar-refractivity contribution < 1.29 is 4.79 Å². The van der Waals surface area contributed by atoms with E-state index < -0.39 is 0 Å². The van der Waals surface area contributed by atoms with Crippen LogP contribution in [0, 0.1) is 12.3 Å². The van der Waals surface area contributed by atoms with Crippen LogP contribution in [0.3, 0.4) is 0 Å². The molecule has 21 heavy (non-hydrogen) atoms. The van der Waals surface area contributed by atoms with Crippen LogP contribution in [0.5, 0.6) is 0 Å². The van der Waals surface area contributed by atoms with Crippen molar-refractivity contribution in [1.82, 2.24) is 14.5 Å². The highest BCUT2D eigenvalue weighted by atomic mass is 16.2. The predicted octanol–water partition coefficient (Wildman–Crippen LogP) is 3.14. The molecular formula is C17H23N3O. The van der Waals surface area contributed by atoms with Gasteiger partial charge in [-0.15, -0.1) is 0 Å². The molecule has 0 bridgehead atoms. The number of hydrogen-bond donors (Lipinski definition) is 0. The molecule has 2 aromatic rings. The molecule has 0 spiro atoms. The molecule has 0 aliphatic carbocycles. The Kier molecular flexibility index (Phi) is 3.27. The molecule has 0 radical (unpaired) electrons. The molecule has 112 valence electrons. The monoisotopic (exact) mass is 285 g/mol. The molecule has 1 aliphatic rings. The first-order valence-electron chi connectivity index (χ1n) is 7.60. The quantitative estimate of drug-likeness (QED) is 0.807. The van der Waals surface area contributed by atoms with Crippen molar-refractivity contribution in [3.05, 3.63) is 29.6 Å². The van der Waals surface area contributed by atoms with Crippen molar-refractivity contribution in [2.24, 2.45) is 12.5 Å². The van der Waals surface area contributed by atoms with E-state index >= 15 is 0 Å². The van der Waals surface area contributed by atoms with Crippen molar-refractivity contribution in [3.8, 4) is 0 Å². The summed E-state index contributed by atoms with van der Waals surface area (Å²) >= 11 is 0. The first kappa shape index (κ1) is 14.1. The van der Waals surface area contributed by atoms with Gasteiger partial charge in [0.05, 0.1) is 11.0 Å². The molecule has 1 aromatic carbocycles. The van der Waals surface area contributed by atoms with Gasteiger partial charge in [-0.2, -0.15) is 0 Å². The second-order valence-electron chi connectivity index (χ2n) is 6.92. The van der Waals surface area contributed by atoms with E-state index in [4.69, 9.17) is 0 Å². The number of hydrogen-bond acceptors (Lipinski definition) is 2. The maximum absolute atomic E-state index is 12.7. The summed E-state index contributed by atoms with van der Waals surface area (Å²) in [7, 11) is 1.99. The number of fused-ring (bicyclic) bond motifs is 1. The van der Waals surface area contributed by atoms with Gasteiger partial charge in [0.2, 0.25) is 0 Å². The number of rotatable bonds is 1. The Morgan fingerprint density at radius 2 is 2.10 bits per heavy atom. The molecule has 1 aromatic heterocycles. The van der Waals surface area contributed by atoms with Crippen molar-refractivity contribution in [2.75, 3.05) is 13.1 Å². The number of aryl methyl sites for hydroxylation is 2. The molecule has 4 heteroatoms. The summed E-state index contributed by atoms with van der Waals surface area (Å²) in [6.07, 6.45) is 2.28. The highest BCUT2D eigenvalue weighted by Gasteiger charge is 2.29. The fourth-order valence-electron chi connectivity index (χ4n) is 3.22. The fourth-order valence-corrected chi connectivity index (χ4v) is 3.22. The second kappa shape index (κ2) is 4.86. The van der Waals surface area contributed by atoms with Crippen molar-refractivity contribution >= 4 is 16.9 Å². The van der Waals surface area contributed by atoms with Crippen LogP contribution in [0.2, 0.25) is 0 Å². The van der Waals surface area contributed by atoms with Crippen LogP contribution >= 0.6 is 0 Å². The molecule has 0 N–H and O–H groups in total. The maximum Gasteiger partial charge on any atom is 0.253 e. The molecule has 4 nitrogen and oxygen atoms in total. The summed E-state index contributed by atoms with van der Waals surface area (Å²) in [4.78, 5) is 19.2. The van der Waals surface area contributed by atoms with Crippen LogP contribution in [0.15, 0.2) is 18.2 Å². The maximum atomic E-state index is 12.7. The molecule has 3 rings (SSSR count). The van der Waals surface area contributed by atoms with Crippen LogP contribution in [0.25, 0.3) is 11.0 Å². The summed E-state index contributed by atoms with van der Waals surface area (Å²) in [6, 6.07) is 5.82. The van der Waals surface area contributed by atoms with E-state index in [1.807, 2.05) is 41.6 Å². The second-order valence-corrected chi connectivity index (χ2v) is 6.92. The first-order chi connectivity index (χ1) is 9.87. The molecule has 0 unspecified atom stereocenters. The van der Waals surface area contributed by atoms with Crippen LogP contribution in [0.4, 0.5) is 0 Å². The molecule has 1 aliphatic heterocycles.